The van der Waals surface area contributed by atoms with Gasteiger partial charge in [0.25, 0.3) is 0 Å². The number of carboxylic acids is 1. The van der Waals surface area contributed by atoms with Gasteiger partial charge in [-0.1, -0.05) is 24.3 Å². The first-order valence-electron chi connectivity index (χ1n) is 7.71. The minimum Gasteiger partial charge on any atom is -0.478 e. The zero-order valence-corrected chi connectivity index (χ0v) is 14.1. The van der Waals surface area contributed by atoms with Crippen LogP contribution < -0.4 is 0 Å². The Morgan fingerprint density at radius 1 is 1.07 bits per heavy atom. The number of alkyl halides is 6. The summed E-state index contributed by atoms with van der Waals surface area (Å²) in [4.78, 5) is 13.7. The van der Waals surface area contributed by atoms with Gasteiger partial charge in [0, 0.05) is 0 Å². The first kappa shape index (κ1) is 21.9. The predicted octanol–water partition coefficient (Wildman–Crippen LogP) is 6.45. The van der Waals surface area contributed by atoms with E-state index in [1.54, 1.807) is 0 Å². The summed E-state index contributed by atoms with van der Waals surface area (Å²) in [5, 5.41) is 8.84. The maximum atomic E-state index is 13.4. The topological polar surface area (TPSA) is 41.7 Å². The smallest absolute Gasteiger partial charge is 0.417 e. The second-order valence-corrected chi connectivity index (χ2v) is 5.81. The van der Waals surface area contributed by atoms with E-state index in [4.69, 9.17) is 11.7 Å². The van der Waals surface area contributed by atoms with Gasteiger partial charge in [-0.25, -0.2) is 14.0 Å². The summed E-state index contributed by atoms with van der Waals surface area (Å²) in [7, 11) is 0. The third-order valence-electron chi connectivity index (χ3n) is 3.86. The molecule has 10 heteroatoms. The van der Waals surface area contributed by atoms with E-state index in [0.717, 1.165) is 18.2 Å². The molecule has 0 saturated carbocycles. The van der Waals surface area contributed by atoms with E-state index >= 15 is 0 Å². The molecular formula is C19H10F7NO2. The first-order chi connectivity index (χ1) is 13.3. The molecule has 1 atom stereocenters. The highest BCUT2D eigenvalue weighted by Crippen LogP contribution is 2.39. The van der Waals surface area contributed by atoms with Gasteiger partial charge in [0.05, 0.1) is 23.6 Å². The molecule has 0 saturated heterocycles. The summed E-state index contributed by atoms with van der Waals surface area (Å²) in [5.74, 6) is -5.16. The lowest BCUT2D eigenvalue weighted by Gasteiger charge is -2.18. The van der Waals surface area contributed by atoms with Crippen molar-refractivity contribution in [2.45, 2.75) is 18.3 Å². The van der Waals surface area contributed by atoms with Crippen molar-refractivity contribution in [3.8, 4) is 0 Å². The Morgan fingerprint density at radius 3 is 2.24 bits per heavy atom. The highest BCUT2D eigenvalue weighted by atomic mass is 19.4. The molecule has 0 radical (unpaired) electrons. The van der Waals surface area contributed by atoms with Crippen molar-refractivity contribution in [3.05, 3.63) is 82.0 Å². The van der Waals surface area contributed by atoms with Crippen molar-refractivity contribution < 1.29 is 40.6 Å². The zero-order chi connectivity index (χ0) is 22.0. The Morgan fingerprint density at radius 2 is 1.72 bits per heavy atom. The molecule has 1 unspecified atom stereocenters. The van der Waals surface area contributed by atoms with Crippen molar-refractivity contribution in [3.63, 3.8) is 0 Å². The number of benzene rings is 2. The molecule has 0 aliphatic rings. The molecule has 0 heterocycles. The fourth-order valence-electron chi connectivity index (χ4n) is 2.51. The SMILES string of the molecule is [C-]#[N+]c1cc(C(/C=C/c2ccc(C(=O)O)c(C(F)(F)F)c2)C(F)(F)F)ccc1F. The monoisotopic (exact) mass is 417 g/mol. The lowest BCUT2D eigenvalue weighted by molar-refractivity contribution is -0.139. The van der Waals surface area contributed by atoms with Gasteiger partial charge in [-0.15, -0.1) is 0 Å². The third-order valence-corrected chi connectivity index (χ3v) is 3.86. The van der Waals surface area contributed by atoms with E-state index in [-0.39, 0.29) is 5.56 Å². The lowest BCUT2D eigenvalue weighted by Crippen LogP contribution is -2.19. The molecule has 0 bridgehead atoms. The molecule has 2 aromatic carbocycles. The molecule has 0 fully saturated rings. The van der Waals surface area contributed by atoms with Gasteiger partial charge < -0.3 is 5.11 Å². The molecule has 29 heavy (non-hydrogen) atoms. The Kier molecular flexibility index (Phi) is 6.01. The molecule has 0 spiro atoms. The van der Waals surface area contributed by atoms with Crippen LogP contribution >= 0.6 is 0 Å². The Balaban J connectivity index is 2.50. The lowest BCUT2D eigenvalue weighted by atomic mass is 9.95. The van der Waals surface area contributed by atoms with Crippen LogP contribution in [0.4, 0.5) is 36.4 Å². The Hall–Kier alpha value is -3.35. The van der Waals surface area contributed by atoms with Crippen molar-refractivity contribution in [1.82, 2.24) is 0 Å². The maximum Gasteiger partial charge on any atom is 0.417 e. The normalized spacial score (nSPS) is 13.3. The summed E-state index contributed by atoms with van der Waals surface area (Å²) < 4.78 is 92.7. The zero-order valence-electron chi connectivity index (χ0n) is 14.1. The van der Waals surface area contributed by atoms with Gasteiger partial charge in [-0.2, -0.15) is 26.3 Å². The average Bonchev–Trinajstić information content (AvgIpc) is 2.61. The van der Waals surface area contributed by atoms with E-state index in [1.807, 2.05) is 0 Å². The van der Waals surface area contributed by atoms with Crippen LogP contribution in [0.3, 0.4) is 0 Å². The summed E-state index contributed by atoms with van der Waals surface area (Å²) >= 11 is 0. The van der Waals surface area contributed by atoms with Crippen LogP contribution in [-0.4, -0.2) is 17.3 Å². The van der Waals surface area contributed by atoms with Gasteiger partial charge in [0.2, 0.25) is 5.69 Å². The summed E-state index contributed by atoms with van der Waals surface area (Å²) in [6.07, 6.45) is -8.60. The van der Waals surface area contributed by atoms with E-state index in [2.05, 4.69) is 4.85 Å². The van der Waals surface area contributed by atoms with Crippen LogP contribution in [0.1, 0.15) is 33.0 Å². The molecule has 2 rings (SSSR count). The van der Waals surface area contributed by atoms with E-state index < -0.39 is 52.4 Å². The van der Waals surface area contributed by atoms with Crippen LogP contribution in [0.25, 0.3) is 10.9 Å². The van der Waals surface area contributed by atoms with Gasteiger partial charge in [0.1, 0.15) is 5.82 Å². The number of rotatable bonds is 4. The first-order valence-corrected chi connectivity index (χ1v) is 7.71. The number of aromatic carboxylic acids is 1. The number of hydrogen-bond donors (Lipinski definition) is 1. The molecule has 0 amide bonds. The van der Waals surface area contributed by atoms with Crippen molar-refractivity contribution in [2.75, 3.05) is 0 Å². The maximum absolute atomic E-state index is 13.4. The highest BCUT2D eigenvalue weighted by molar-refractivity contribution is 5.90. The molecule has 0 aromatic heterocycles. The van der Waals surface area contributed by atoms with E-state index in [1.165, 1.54) is 0 Å². The minimum atomic E-state index is -5.03. The number of halogens is 7. The second kappa shape index (κ2) is 7.95. The van der Waals surface area contributed by atoms with E-state index in [9.17, 15) is 35.5 Å². The van der Waals surface area contributed by atoms with Crippen LogP contribution in [0, 0.1) is 12.4 Å². The number of hydrogen-bond acceptors (Lipinski definition) is 1. The molecule has 1 N–H and O–H groups in total. The van der Waals surface area contributed by atoms with Crippen molar-refractivity contribution in [1.29, 1.82) is 0 Å². The van der Waals surface area contributed by atoms with Crippen LogP contribution in [-0.2, 0) is 6.18 Å². The molecule has 152 valence electrons. The summed E-state index contributed by atoms with van der Waals surface area (Å²) in [6, 6.07) is 4.21. The van der Waals surface area contributed by atoms with Gasteiger partial charge in [-0.3, -0.25) is 0 Å². The fourth-order valence-corrected chi connectivity index (χ4v) is 2.51. The van der Waals surface area contributed by atoms with Gasteiger partial charge in [-0.05, 0) is 35.4 Å². The fraction of sp³-hybridized carbons (Fsp3) is 0.158. The Labute approximate surface area is 159 Å². The van der Waals surface area contributed by atoms with Crippen LogP contribution in [0.15, 0.2) is 42.5 Å². The molecule has 2 aromatic rings. The molecule has 0 aliphatic heterocycles. The largest absolute Gasteiger partial charge is 0.478 e. The van der Waals surface area contributed by atoms with Crippen LogP contribution in [0.2, 0.25) is 0 Å². The van der Waals surface area contributed by atoms with Crippen LogP contribution in [0.5, 0.6) is 0 Å². The number of nitrogens with zero attached hydrogens (tertiary/aromatic N) is 1. The summed E-state index contributed by atoms with van der Waals surface area (Å²) in [5.41, 5.74) is -3.96. The Bertz CT molecular complexity index is 1000. The molecule has 3 nitrogen and oxygen atoms in total. The minimum absolute atomic E-state index is 0.316. The van der Waals surface area contributed by atoms with Gasteiger partial charge >= 0.3 is 18.3 Å². The van der Waals surface area contributed by atoms with Crippen molar-refractivity contribution >= 4 is 17.7 Å². The van der Waals surface area contributed by atoms with Crippen molar-refractivity contribution in [2.24, 2.45) is 0 Å². The standard InChI is InChI=1S/C19H10F7NO2/c1-27-16-9-11(4-7-15(16)20)13(18(21,22)23)6-3-10-2-5-12(17(28)29)14(8-10)19(24,25)26/h2-9,13H,(H,28,29)/b6-3+. The highest BCUT2D eigenvalue weighted by Gasteiger charge is 2.39. The second-order valence-electron chi connectivity index (χ2n) is 5.81. The van der Waals surface area contributed by atoms with E-state index in [0.29, 0.717) is 30.3 Å². The average molecular weight is 417 g/mol. The summed E-state index contributed by atoms with van der Waals surface area (Å²) in [6.45, 7) is 6.78. The number of carbonyl (C=O) groups is 1. The predicted molar refractivity (Wildman–Crippen MR) is 88.9 cm³/mol. The number of carboxylic acid groups (broad SMARTS) is 1. The molecule has 0 aliphatic carbocycles. The third kappa shape index (κ3) is 5.13. The quantitative estimate of drug-likeness (QED) is 0.459. The number of allylic oxidation sites excluding steroid dienone is 1. The molecular weight excluding hydrogens is 407 g/mol. The van der Waals surface area contributed by atoms with Gasteiger partial charge in [0.15, 0.2) is 0 Å².